The van der Waals surface area contributed by atoms with Crippen LogP contribution in [-0.4, -0.2) is 37.2 Å². The van der Waals surface area contributed by atoms with E-state index in [9.17, 15) is 0 Å². The molecule has 0 unspecified atom stereocenters. The van der Waals surface area contributed by atoms with E-state index in [1.165, 1.54) is 0 Å². The van der Waals surface area contributed by atoms with Crippen LogP contribution < -0.4 is 15.5 Å². The minimum Gasteiger partial charge on any atom is -0.380 e. The highest BCUT2D eigenvalue weighted by Crippen LogP contribution is 2.23. The maximum atomic E-state index is 4.53. The molecule has 1 aliphatic heterocycles. The Morgan fingerprint density at radius 2 is 2.24 bits per heavy atom. The van der Waals surface area contributed by atoms with Crippen LogP contribution in [0, 0.1) is 0 Å². The predicted molar refractivity (Wildman–Crippen MR) is 72.7 cm³/mol. The van der Waals surface area contributed by atoms with Crippen LogP contribution in [0.4, 0.5) is 11.5 Å². The van der Waals surface area contributed by atoms with Crippen molar-refractivity contribution < 1.29 is 0 Å². The van der Waals surface area contributed by atoms with Crippen LogP contribution in [0.5, 0.6) is 0 Å². The van der Waals surface area contributed by atoms with Crippen molar-refractivity contribution in [1.82, 2.24) is 10.3 Å². The average Bonchev–Trinajstić information content (AvgIpc) is 2.40. The van der Waals surface area contributed by atoms with Crippen molar-refractivity contribution >= 4 is 11.5 Å². The van der Waals surface area contributed by atoms with E-state index in [0.29, 0.717) is 6.04 Å². The lowest BCUT2D eigenvalue weighted by atomic mass is 10.2. The zero-order valence-electron chi connectivity index (χ0n) is 10.7. The topological polar surface area (TPSA) is 40.2 Å². The molecule has 4 heteroatoms. The van der Waals surface area contributed by atoms with Gasteiger partial charge in [0.05, 0.1) is 5.69 Å². The molecule has 1 fully saturated rings. The van der Waals surface area contributed by atoms with Gasteiger partial charge in [0, 0.05) is 38.4 Å². The van der Waals surface area contributed by atoms with Crippen LogP contribution in [0.3, 0.4) is 0 Å². The zero-order valence-corrected chi connectivity index (χ0v) is 10.7. The molecule has 4 nitrogen and oxygen atoms in total. The van der Waals surface area contributed by atoms with E-state index in [1.54, 1.807) is 0 Å². The summed E-state index contributed by atoms with van der Waals surface area (Å²) in [5, 5.41) is 6.90. The van der Waals surface area contributed by atoms with Gasteiger partial charge in [-0.25, -0.2) is 4.98 Å². The van der Waals surface area contributed by atoms with Crippen molar-refractivity contribution in [1.29, 1.82) is 0 Å². The molecule has 0 radical (unpaired) electrons. The average molecular weight is 234 g/mol. The number of hydrogen-bond acceptors (Lipinski definition) is 4. The van der Waals surface area contributed by atoms with Gasteiger partial charge in [0.15, 0.2) is 5.82 Å². The van der Waals surface area contributed by atoms with Gasteiger partial charge < -0.3 is 15.5 Å². The van der Waals surface area contributed by atoms with E-state index in [0.717, 1.165) is 44.1 Å². The highest BCUT2D eigenvalue weighted by atomic mass is 15.2. The molecule has 0 spiro atoms. The van der Waals surface area contributed by atoms with Gasteiger partial charge in [-0.1, -0.05) is 6.92 Å². The van der Waals surface area contributed by atoms with Crippen molar-refractivity contribution in [2.45, 2.75) is 26.3 Å². The third-order valence-electron chi connectivity index (χ3n) is 3.22. The second kappa shape index (κ2) is 5.87. The first-order valence-corrected chi connectivity index (χ1v) is 6.48. The van der Waals surface area contributed by atoms with Crippen LogP contribution in [-0.2, 0) is 0 Å². The summed E-state index contributed by atoms with van der Waals surface area (Å²) in [7, 11) is 0. The van der Waals surface area contributed by atoms with Crippen molar-refractivity contribution in [2.75, 3.05) is 36.4 Å². The number of rotatable bonds is 4. The molecular weight excluding hydrogens is 212 g/mol. The van der Waals surface area contributed by atoms with Crippen LogP contribution in [0.25, 0.3) is 0 Å². The second-order valence-corrected chi connectivity index (χ2v) is 4.57. The number of aromatic nitrogens is 1. The molecule has 0 bridgehead atoms. The van der Waals surface area contributed by atoms with E-state index in [1.807, 2.05) is 12.3 Å². The Kier molecular flexibility index (Phi) is 4.20. The third-order valence-corrected chi connectivity index (χ3v) is 3.22. The molecule has 2 N–H and O–H groups in total. The molecule has 17 heavy (non-hydrogen) atoms. The van der Waals surface area contributed by atoms with Gasteiger partial charge >= 0.3 is 0 Å². The Bertz CT molecular complexity index is 347. The summed E-state index contributed by atoms with van der Waals surface area (Å²) < 4.78 is 0. The first kappa shape index (κ1) is 12.2. The molecule has 2 rings (SSSR count). The van der Waals surface area contributed by atoms with Gasteiger partial charge in [0.2, 0.25) is 0 Å². The van der Waals surface area contributed by atoms with Crippen LogP contribution in [0.15, 0.2) is 18.3 Å². The fourth-order valence-electron chi connectivity index (χ4n) is 2.01. The van der Waals surface area contributed by atoms with Gasteiger partial charge in [-0.3, -0.25) is 0 Å². The smallest absolute Gasteiger partial charge is 0.152 e. The summed E-state index contributed by atoms with van der Waals surface area (Å²) in [5.74, 6) is 1.09. The molecule has 1 saturated heterocycles. The van der Waals surface area contributed by atoms with Crippen LogP contribution in [0.1, 0.15) is 20.3 Å². The molecule has 0 aliphatic carbocycles. The molecule has 1 aromatic rings. The second-order valence-electron chi connectivity index (χ2n) is 4.57. The lowest BCUT2D eigenvalue weighted by Gasteiger charge is -2.30. The molecule has 1 atom stereocenters. The Hall–Kier alpha value is -1.29. The fourth-order valence-corrected chi connectivity index (χ4v) is 2.01. The fraction of sp³-hybridized carbons (Fsp3) is 0.615. The molecule has 2 heterocycles. The zero-order chi connectivity index (χ0) is 12.1. The van der Waals surface area contributed by atoms with E-state index >= 15 is 0 Å². The Morgan fingerprint density at radius 1 is 1.47 bits per heavy atom. The van der Waals surface area contributed by atoms with Gasteiger partial charge in [0.1, 0.15) is 0 Å². The molecular formula is C13H22N4. The van der Waals surface area contributed by atoms with Gasteiger partial charge in [-0.05, 0) is 25.5 Å². The third kappa shape index (κ3) is 3.09. The molecule has 1 aromatic heterocycles. The Balaban J connectivity index is 2.14. The molecule has 94 valence electrons. The van der Waals surface area contributed by atoms with E-state index < -0.39 is 0 Å². The van der Waals surface area contributed by atoms with E-state index in [2.05, 4.69) is 40.4 Å². The number of piperazine rings is 1. The van der Waals surface area contributed by atoms with E-state index in [-0.39, 0.29) is 0 Å². The number of anilines is 2. The summed E-state index contributed by atoms with van der Waals surface area (Å²) in [4.78, 5) is 6.87. The van der Waals surface area contributed by atoms with Crippen molar-refractivity contribution in [3.8, 4) is 0 Å². The van der Waals surface area contributed by atoms with Gasteiger partial charge in [0.25, 0.3) is 0 Å². The highest BCUT2D eigenvalue weighted by Gasteiger charge is 2.15. The lowest BCUT2D eigenvalue weighted by molar-refractivity contribution is 0.585. The highest BCUT2D eigenvalue weighted by molar-refractivity contribution is 5.65. The van der Waals surface area contributed by atoms with Gasteiger partial charge in [-0.2, -0.15) is 0 Å². The first-order chi connectivity index (χ1) is 8.31. The summed E-state index contributed by atoms with van der Waals surface area (Å²) in [6.07, 6.45) is 3.00. The summed E-state index contributed by atoms with van der Waals surface area (Å²) >= 11 is 0. The quantitative estimate of drug-likeness (QED) is 0.832. The van der Waals surface area contributed by atoms with Crippen LogP contribution in [0.2, 0.25) is 0 Å². The maximum Gasteiger partial charge on any atom is 0.152 e. The minimum atomic E-state index is 0.487. The lowest BCUT2D eigenvalue weighted by Crippen LogP contribution is -2.44. The molecule has 0 amide bonds. The predicted octanol–water partition coefficient (Wildman–Crippen LogP) is 1.70. The summed E-state index contributed by atoms with van der Waals surface area (Å²) in [6.45, 7) is 8.55. The largest absolute Gasteiger partial charge is 0.380 e. The number of nitrogens with zero attached hydrogens (tertiary/aromatic N) is 2. The normalized spacial score (nSPS) is 17.9. The van der Waals surface area contributed by atoms with Gasteiger partial charge in [-0.15, -0.1) is 0 Å². The summed E-state index contributed by atoms with van der Waals surface area (Å²) in [6, 6.07) is 4.60. The standard InChI is InChI=1S/C13H22N4/c1-3-11(2)16-12-5-4-6-15-13(12)17-9-7-14-8-10-17/h4-6,11,14,16H,3,7-10H2,1-2H3/t11-/m0/s1. The summed E-state index contributed by atoms with van der Waals surface area (Å²) in [5.41, 5.74) is 1.16. The SMILES string of the molecule is CC[C@H](C)Nc1cccnc1N1CCNCC1. The van der Waals surface area contributed by atoms with E-state index in [4.69, 9.17) is 0 Å². The Morgan fingerprint density at radius 3 is 2.94 bits per heavy atom. The first-order valence-electron chi connectivity index (χ1n) is 6.48. The number of hydrogen-bond donors (Lipinski definition) is 2. The molecule has 1 aliphatic rings. The van der Waals surface area contributed by atoms with Crippen molar-refractivity contribution in [3.63, 3.8) is 0 Å². The number of nitrogens with one attached hydrogen (secondary N) is 2. The maximum absolute atomic E-state index is 4.53. The van der Waals surface area contributed by atoms with Crippen molar-refractivity contribution in [2.24, 2.45) is 0 Å². The van der Waals surface area contributed by atoms with Crippen molar-refractivity contribution in [3.05, 3.63) is 18.3 Å². The number of pyridine rings is 1. The molecule has 0 aromatic carbocycles. The minimum absolute atomic E-state index is 0.487. The monoisotopic (exact) mass is 234 g/mol. The Labute approximate surface area is 103 Å². The van der Waals surface area contributed by atoms with Crippen LogP contribution >= 0.6 is 0 Å². The molecule has 0 saturated carbocycles.